The van der Waals surface area contributed by atoms with Crippen molar-refractivity contribution in [2.24, 2.45) is 0 Å². The molecule has 0 spiro atoms. The molecule has 130 valence electrons. The van der Waals surface area contributed by atoms with Crippen LogP contribution in [-0.4, -0.2) is 24.9 Å². The molecule has 1 aromatic carbocycles. The maximum Gasteiger partial charge on any atom is 0.261 e. The molecular formula is C20H22N2O2S. The molecular weight excluding hydrogens is 332 g/mol. The minimum Gasteiger partial charge on any atom is -0.351 e. The number of aryl methyl sites for hydroxylation is 3. The van der Waals surface area contributed by atoms with E-state index in [1.165, 1.54) is 22.4 Å². The molecule has 2 heterocycles. The summed E-state index contributed by atoms with van der Waals surface area (Å²) >= 11 is 1.60. The van der Waals surface area contributed by atoms with Crippen LogP contribution < -0.4 is 10.2 Å². The van der Waals surface area contributed by atoms with Crippen LogP contribution in [0.25, 0.3) is 0 Å². The third-order valence-electron chi connectivity index (χ3n) is 5.01. The molecule has 1 N–H and O–H groups in total. The van der Waals surface area contributed by atoms with Gasteiger partial charge in [0.05, 0.1) is 4.88 Å². The maximum atomic E-state index is 12.6. The molecule has 1 aromatic heterocycles. The molecule has 1 aliphatic carbocycles. The van der Waals surface area contributed by atoms with Gasteiger partial charge in [0.15, 0.2) is 0 Å². The number of nitrogens with one attached hydrogen (secondary N) is 1. The zero-order valence-corrected chi connectivity index (χ0v) is 15.0. The number of amides is 2. The first-order valence-corrected chi connectivity index (χ1v) is 9.82. The average molecular weight is 354 g/mol. The first kappa shape index (κ1) is 16.3. The van der Waals surface area contributed by atoms with Crippen LogP contribution in [0.5, 0.6) is 0 Å². The number of nitrogens with zero attached hydrogens (tertiary/aromatic N) is 1. The summed E-state index contributed by atoms with van der Waals surface area (Å²) in [6.45, 7) is 1.15. The summed E-state index contributed by atoms with van der Waals surface area (Å²) < 4.78 is 0. The quantitative estimate of drug-likeness (QED) is 0.915. The summed E-state index contributed by atoms with van der Waals surface area (Å²) in [6, 6.07) is 10.1. The van der Waals surface area contributed by atoms with E-state index >= 15 is 0 Å². The fraction of sp³-hybridized carbons (Fsp3) is 0.400. The topological polar surface area (TPSA) is 49.4 Å². The number of hydrogen-bond donors (Lipinski definition) is 1. The Bertz CT molecular complexity index is 790. The number of hydrogen-bond acceptors (Lipinski definition) is 3. The molecule has 0 atom stereocenters. The van der Waals surface area contributed by atoms with Crippen LogP contribution in [0.2, 0.25) is 0 Å². The summed E-state index contributed by atoms with van der Waals surface area (Å²) in [5.74, 6) is 0.0346. The van der Waals surface area contributed by atoms with Gasteiger partial charge in [-0.3, -0.25) is 9.59 Å². The van der Waals surface area contributed by atoms with Gasteiger partial charge in [-0.2, -0.15) is 0 Å². The van der Waals surface area contributed by atoms with Crippen LogP contribution in [0.1, 0.15) is 44.9 Å². The minimum atomic E-state index is -0.0498. The van der Waals surface area contributed by atoms with Gasteiger partial charge in [0.25, 0.3) is 5.91 Å². The second-order valence-corrected chi connectivity index (χ2v) is 7.83. The highest BCUT2D eigenvalue weighted by Gasteiger charge is 2.22. The Kier molecular flexibility index (Phi) is 4.57. The predicted molar refractivity (Wildman–Crippen MR) is 100 cm³/mol. The normalized spacial score (nSPS) is 15.6. The highest BCUT2D eigenvalue weighted by atomic mass is 32.1. The molecule has 0 radical (unpaired) electrons. The first-order valence-electron chi connectivity index (χ1n) is 9.00. The lowest BCUT2D eigenvalue weighted by Gasteiger charge is -2.29. The van der Waals surface area contributed by atoms with Crippen molar-refractivity contribution >= 4 is 28.8 Å². The summed E-state index contributed by atoms with van der Waals surface area (Å²) in [5, 5.41) is 2.91. The standard InChI is InChI=1S/C20H22N2O2S/c23-19(22-12-4-7-14-5-1-2-8-16(14)22)10-11-21-20(24)18-13-15-6-3-9-17(15)25-18/h1-2,5,8,13H,3-4,6-7,9-12H2,(H,21,24). The second-order valence-electron chi connectivity index (χ2n) is 6.70. The summed E-state index contributed by atoms with van der Waals surface area (Å²) in [7, 11) is 0. The second kappa shape index (κ2) is 7.00. The fourth-order valence-corrected chi connectivity index (χ4v) is 4.91. The molecule has 25 heavy (non-hydrogen) atoms. The zero-order valence-electron chi connectivity index (χ0n) is 14.2. The average Bonchev–Trinajstić information content (AvgIpc) is 3.23. The van der Waals surface area contributed by atoms with Crippen molar-refractivity contribution in [2.45, 2.75) is 38.5 Å². The SMILES string of the molecule is O=C(NCCC(=O)N1CCCc2ccccc21)c1cc2c(s1)CCC2. The van der Waals surface area contributed by atoms with E-state index in [-0.39, 0.29) is 11.8 Å². The van der Waals surface area contributed by atoms with E-state index in [0.29, 0.717) is 13.0 Å². The van der Waals surface area contributed by atoms with Crippen molar-refractivity contribution in [1.82, 2.24) is 5.32 Å². The molecule has 1 aliphatic heterocycles. The van der Waals surface area contributed by atoms with E-state index < -0.39 is 0 Å². The Morgan fingerprint density at radius 1 is 1.08 bits per heavy atom. The van der Waals surface area contributed by atoms with Gasteiger partial charge in [0, 0.05) is 30.1 Å². The van der Waals surface area contributed by atoms with Gasteiger partial charge < -0.3 is 10.2 Å². The van der Waals surface area contributed by atoms with Crippen LogP contribution >= 0.6 is 11.3 Å². The van der Waals surface area contributed by atoms with Gasteiger partial charge in [-0.15, -0.1) is 11.3 Å². The van der Waals surface area contributed by atoms with Crippen molar-refractivity contribution in [1.29, 1.82) is 0 Å². The number of para-hydroxylation sites is 1. The number of benzene rings is 1. The molecule has 4 nitrogen and oxygen atoms in total. The van der Waals surface area contributed by atoms with E-state index in [1.807, 2.05) is 29.2 Å². The van der Waals surface area contributed by atoms with E-state index in [4.69, 9.17) is 0 Å². The smallest absolute Gasteiger partial charge is 0.261 e. The number of anilines is 1. The summed E-state index contributed by atoms with van der Waals surface area (Å²) in [5.41, 5.74) is 3.59. The summed E-state index contributed by atoms with van der Waals surface area (Å²) in [4.78, 5) is 28.8. The van der Waals surface area contributed by atoms with Gasteiger partial charge in [-0.05, 0) is 55.4 Å². The predicted octanol–water partition coefficient (Wildman–Crippen LogP) is 3.34. The molecule has 0 bridgehead atoms. The van der Waals surface area contributed by atoms with Crippen molar-refractivity contribution < 1.29 is 9.59 Å². The van der Waals surface area contributed by atoms with Gasteiger partial charge in [0.1, 0.15) is 0 Å². The van der Waals surface area contributed by atoms with Crippen molar-refractivity contribution in [3.63, 3.8) is 0 Å². The Morgan fingerprint density at radius 2 is 1.92 bits per heavy atom. The lowest BCUT2D eigenvalue weighted by molar-refractivity contribution is -0.118. The van der Waals surface area contributed by atoms with Crippen LogP contribution in [0.15, 0.2) is 30.3 Å². The van der Waals surface area contributed by atoms with Crippen LogP contribution in [0, 0.1) is 0 Å². The zero-order chi connectivity index (χ0) is 17.2. The van der Waals surface area contributed by atoms with Gasteiger partial charge in [0.2, 0.25) is 5.91 Å². The third-order valence-corrected chi connectivity index (χ3v) is 6.24. The summed E-state index contributed by atoms with van der Waals surface area (Å²) in [6.07, 6.45) is 5.75. The minimum absolute atomic E-state index is 0.0498. The van der Waals surface area contributed by atoms with E-state index in [0.717, 1.165) is 42.8 Å². The Balaban J connectivity index is 1.33. The van der Waals surface area contributed by atoms with Crippen molar-refractivity contribution in [3.8, 4) is 0 Å². The molecule has 4 rings (SSSR count). The van der Waals surface area contributed by atoms with Gasteiger partial charge in [-0.1, -0.05) is 18.2 Å². The molecule has 0 saturated heterocycles. The highest BCUT2D eigenvalue weighted by Crippen LogP contribution is 2.30. The molecule has 0 saturated carbocycles. The monoisotopic (exact) mass is 354 g/mol. The third kappa shape index (κ3) is 3.33. The van der Waals surface area contributed by atoms with Crippen LogP contribution in [-0.2, 0) is 24.1 Å². The highest BCUT2D eigenvalue weighted by molar-refractivity contribution is 7.14. The van der Waals surface area contributed by atoms with Gasteiger partial charge in [-0.25, -0.2) is 0 Å². The Hall–Kier alpha value is -2.14. The molecule has 2 aliphatic rings. The van der Waals surface area contributed by atoms with Crippen LogP contribution in [0.4, 0.5) is 5.69 Å². The number of fused-ring (bicyclic) bond motifs is 2. The van der Waals surface area contributed by atoms with Crippen LogP contribution in [0.3, 0.4) is 0 Å². The number of thiophene rings is 1. The number of carbonyl (C=O) groups is 2. The molecule has 0 unspecified atom stereocenters. The van der Waals surface area contributed by atoms with E-state index in [1.54, 1.807) is 11.3 Å². The first-order chi connectivity index (χ1) is 12.2. The largest absolute Gasteiger partial charge is 0.351 e. The molecule has 2 aromatic rings. The molecule has 2 amide bonds. The maximum absolute atomic E-state index is 12.6. The van der Waals surface area contributed by atoms with Crippen molar-refractivity contribution in [3.05, 3.63) is 51.2 Å². The van der Waals surface area contributed by atoms with E-state index in [9.17, 15) is 9.59 Å². The lowest BCUT2D eigenvalue weighted by atomic mass is 10.0. The fourth-order valence-electron chi connectivity index (χ4n) is 3.74. The number of carbonyl (C=O) groups excluding carboxylic acids is 2. The lowest BCUT2D eigenvalue weighted by Crippen LogP contribution is -2.37. The number of rotatable bonds is 4. The Labute approximate surface area is 151 Å². The van der Waals surface area contributed by atoms with Gasteiger partial charge >= 0.3 is 0 Å². The van der Waals surface area contributed by atoms with E-state index in [2.05, 4.69) is 11.4 Å². The molecule has 5 heteroatoms. The molecule has 0 fully saturated rings. The Morgan fingerprint density at radius 3 is 2.80 bits per heavy atom. The van der Waals surface area contributed by atoms with Crippen molar-refractivity contribution in [2.75, 3.05) is 18.0 Å².